The number of hydrogen-bond donors (Lipinski definition) is 0. The van der Waals surface area contributed by atoms with Gasteiger partial charge in [-0.15, -0.1) is 0 Å². The van der Waals surface area contributed by atoms with Crippen LogP contribution < -0.4 is 4.74 Å². The molecule has 1 aliphatic heterocycles. The molecule has 7 heteroatoms. The number of benzene rings is 1. The monoisotopic (exact) mass is 317 g/mol. The fourth-order valence-corrected chi connectivity index (χ4v) is 3.94. The second kappa shape index (κ2) is 6.29. The second-order valence-electron chi connectivity index (χ2n) is 5.56. The molecule has 0 aromatic heterocycles. The maximum Gasteiger partial charge on any atom is 0.218 e. The molecule has 1 aromatic rings. The summed E-state index contributed by atoms with van der Waals surface area (Å²) in [5.74, 6) is -0.0220. The number of halogens is 1. The molecule has 118 valence electrons. The van der Waals surface area contributed by atoms with Crippen LogP contribution in [0.3, 0.4) is 0 Å². The molecule has 1 heterocycles. The number of rotatable bonds is 5. The van der Waals surface area contributed by atoms with Gasteiger partial charge in [-0.2, -0.15) is 4.31 Å². The molecule has 0 aliphatic carbocycles. The fraction of sp³-hybridized carbons (Fsp3) is 0.571. The van der Waals surface area contributed by atoms with E-state index < -0.39 is 15.6 Å². The predicted octanol–water partition coefficient (Wildman–Crippen LogP) is 1.65. The summed E-state index contributed by atoms with van der Waals surface area (Å²) in [5.41, 5.74) is -0.549. The Morgan fingerprint density at radius 1 is 1.33 bits per heavy atom. The maximum absolute atomic E-state index is 12.8. The number of nitrogens with zero attached hydrogens (tertiary/aromatic N) is 1. The van der Waals surface area contributed by atoms with E-state index in [1.54, 1.807) is 0 Å². The van der Waals surface area contributed by atoms with Gasteiger partial charge in [0.05, 0.1) is 24.5 Å². The summed E-state index contributed by atoms with van der Waals surface area (Å²) >= 11 is 0. The van der Waals surface area contributed by atoms with Crippen molar-refractivity contribution in [3.05, 3.63) is 30.1 Å². The van der Waals surface area contributed by atoms with Gasteiger partial charge in [-0.25, -0.2) is 12.8 Å². The van der Waals surface area contributed by atoms with E-state index in [1.807, 2.05) is 13.8 Å². The molecule has 2 rings (SSSR count). The molecule has 0 radical (unpaired) electrons. The Balaban J connectivity index is 1.93. The van der Waals surface area contributed by atoms with Crippen LogP contribution in [-0.2, 0) is 14.8 Å². The van der Waals surface area contributed by atoms with E-state index >= 15 is 0 Å². The van der Waals surface area contributed by atoms with Gasteiger partial charge in [-0.05, 0) is 38.1 Å². The van der Waals surface area contributed by atoms with Crippen molar-refractivity contribution in [2.24, 2.45) is 0 Å². The van der Waals surface area contributed by atoms with Crippen LogP contribution >= 0.6 is 0 Å². The topological polar surface area (TPSA) is 55.8 Å². The minimum atomic E-state index is -3.42. The Bertz CT molecular complexity index is 571. The highest BCUT2D eigenvalue weighted by atomic mass is 32.2. The van der Waals surface area contributed by atoms with Crippen LogP contribution in [0.15, 0.2) is 24.3 Å². The number of morpholine rings is 1. The Hall–Kier alpha value is -1.18. The highest BCUT2D eigenvalue weighted by Gasteiger charge is 2.38. The lowest BCUT2D eigenvalue weighted by molar-refractivity contribution is -0.00779. The summed E-state index contributed by atoms with van der Waals surface area (Å²) in [4.78, 5) is 0. The zero-order chi connectivity index (χ0) is 15.5. The minimum Gasteiger partial charge on any atom is -0.492 e. The average molecular weight is 317 g/mol. The van der Waals surface area contributed by atoms with Crippen LogP contribution in [0, 0.1) is 5.82 Å². The highest BCUT2D eigenvalue weighted by Crippen LogP contribution is 2.23. The maximum atomic E-state index is 12.8. The van der Waals surface area contributed by atoms with Gasteiger partial charge in [-0.1, -0.05) is 0 Å². The van der Waals surface area contributed by atoms with E-state index in [4.69, 9.17) is 9.47 Å². The summed E-state index contributed by atoms with van der Waals surface area (Å²) in [7, 11) is -3.42. The first-order valence-corrected chi connectivity index (χ1v) is 8.39. The lowest BCUT2D eigenvalue weighted by Gasteiger charge is -2.40. The van der Waals surface area contributed by atoms with Gasteiger partial charge in [0.15, 0.2) is 0 Å². The molecule has 5 nitrogen and oxygen atoms in total. The van der Waals surface area contributed by atoms with E-state index in [-0.39, 0.29) is 18.2 Å². The van der Waals surface area contributed by atoms with Crippen LogP contribution in [-0.4, -0.2) is 50.4 Å². The van der Waals surface area contributed by atoms with Crippen molar-refractivity contribution in [1.29, 1.82) is 0 Å². The minimum absolute atomic E-state index is 0.0292. The molecule has 0 bridgehead atoms. The quantitative estimate of drug-likeness (QED) is 0.828. The van der Waals surface area contributed by atoms with E-state index in [0.717, 1.165) is 0 Å². The summed E-state index contributed by atoms with van der Waals surface area (Å²) in [6, 6.07) is 5.49. The van der Waals surface area contributed by atoms with Crippen molar-refractivity contribution >= 4 is 10.0 Å². The van der Waals surface area contributed by atoms with Gasteiger partial charge >= 0.3 is 0 Å². The molecule has 0 saturated carbocycles. The summed E-state index contributed by atoms with van der Waals surface area (Å²) in [6.07, 6.45) is 0. The van der Waals surface area contributed by atoms with Crippen molar-refractivity contribution in [3.63, 3.8) is 0 Å². The van der Waals surface area contributed by atoms with Gasteiger partial charge < -0.3 is 9.47 Å². The molecular weight excluding hydrogens is 297 g/mol. The lowest BCUT2D eigenvalue weighted by Crippen LogP contribution is -2.56. The molecule has 0 atom stereocenters. The van der Waals surface area contributed by atoms with Crippen molar-refractivity contribution in [2.75, 3.05) is 32.1 Å². The molecule has 1 saturated heterocycles. The molecule has 1 aliphatic rings. The van der Waals surface area contributed by atoms with Crippen molar-refractivity contribution in [1.82, 2.24) is 4.31 Å². The molecule has 1 fully saturated rings. The third kappa shape index (κ3) is 4.15. The number of hydrogen-bond acceptors (Lipinski definition) is 4. The summed E-state index contributed by atoms with van der Waals surface area (Å²) in [5, 5.41) is 0. The Kier molecular flexibility index (Phi) is 4.85. The van der Waals surface area contributed by atoms with Gasteiger partial charge in [0, 0.05) is 6.54 Å². The summed E-state index contributed by atoms with van der Waals surface area (Å²) in [6.45, 7) is 4.84. The van der Waals surface area contributed by atoms with E-state index in [9.17, 15) is 12.8 Å². The molecule has 0 spiro atoms. The molecule has 0 N–H and O–H groups in total. The third-order valence-corrected chi connectivity index (χ3v) is 5.36. The molecule has 0 amide bonds. The largest absolute Gasteiger partial charge is 0.492 e. The first-order valence-electron chi connectivity index (χ1n) is 6.78. The van der Waals surface area contributed by atoms with Crippen LogP contribution in [0.1, 0.15) is 13.8 Å². The zero-order valence-electron chi connectivity index (χ0n) is 12.2. The zero-order valence-corrected chi connectivity index (χ0v) is 13.0. The average Bonchev–Trinajstić information content (AvgIpc) is 2.40. The van der Waals surface area contributed by atoms with Crippen LogP contribution in [0.2, 0.25) is 0 Å². The summed E-state index contributed by atoms with van der Waals surface area (Å²) < 4.78 is 49.7. The van der Waals surface area contributed by atoms with E-state index in [0.29, 0.717) is 25.5 Å². The third-order valence-electron chi connectivity index (χ3n) is 3.33. The van der Waals surface area contributed by atoms with Gasteiger partial charge in [-0.3, -0.25) is 0 Å². The van der Waals surface area contributed by atoms with Gasteiger partial charge in [0.25, 0.3) is 0 Å². The van der Waals surface area contributed by atoms with E-state index in [2.05, 4.69) is 0 Å². The predicted molar refractivity (Wildman–Crippen MR) is 77.3 cm³/mol. The van der Waals surface area contributed by atoms with E-state index in [1.165, 1.54) is 28.6 Å². The second-order valence-corrected chi connectivity index (χ2v) is 7.57. The first-order chi connectivity index (χ1) is 9.81. The lowest BCUT2D eigenvalue weighted by atomic mass is 10.1. The van der Waals surface area contributed by atoms with Crippen molar-refractivity contribution < 1.29 is 22.3 Å². The van der Waals surface area contributed by atoms with Crippen LogP contribution in [0.25, 0.3) is 0 Å². The van der Waals surface area contributed by atoms with Gasteiger partial charge in [0.1, 0.15) is 18.2 Å². The Morgan fingerprint density at radius 2 is 2.00 bits per heavy atom. The normalized spacial score (nSPS) is 19.4. The van der Waals surface area contributed by atoms with Crippen molar-refractivity contribution in [2.45, 2.75) is 19.4 Å². The Morgan fingerprint density at radius 3 is 2.62 bits per heavy atom. The van der Waals surface area contributed by atoms with Crippen LogP contribution in [0.4, 0.5) is 4.39 Å². The molecular formula is C14H20FNO4S. The first kappa shape index (κ1) is 16.2. The SMILES string of the molecule is CC1(C)COCCN1S(=O)(=O)CCOc1ccc(F)cc1. The number of sulfonamides is 1. The van der Waals surface area contributed by atoms with Crippen LogP contribution in [0.5, 0.6) is 5.75 Å². The molecule has 1 aromatic carbocycles. The Labute approximate surface area is 124 Å². The molecule has 21 heavy (non-hydrogen) atoms. The van der Waals surface area contributed by atoms with Crippen molar-refractivity contribution in [3.8, 4) is 5.75 Å². The molecule has 0 unspecified atom stereocenters. The van der Waals surface area contributed by atoms with Gasteiger partial charge in [0.2, 0.25) is 10.0 Å². The fourth-order valence-electron chi connectivity index (χ4n) is 2.27. The standard InChI is InChI=1S/C14H20FNO4S/c1-14(2)11-19-8-7-16(14)21(17,18)10-9-20-13-5-3-12(15)4-6-13/h3-6H,7-11H2,1-2H3. The highest BCUT2D eigenvalue weighted by molar-refractivity contribution is 7.89. The smallest absolute Gasteiger partial charge is 0.218 e. The number of ether oxygens (including phenoxy) is 2.